The molecule has 2 aromatic rings. The Balaban J connectivity index is 2.24. The lowest BCUT2D eigenvalue weighted by molar-refractivity contribution is 0.209. The van der Waals surface area contributed by atoms with Gasteiger partial charge < -0.3 is 5.11 Å². The number of benzene rings is 1. The predicted molar refractivity (Wildman–Crippen MR) is 57.0 cm³/mol. The number of hydrogen-bond donors (Lipinski definition) is 2. The Bertz CT molecular complexity index is 469. The highest BCUT2D eigenvalue weighted by atomic mass is 32.1. The summed E-state index contributed by atoms with van der Waals surface area (Å²) in [5.74, 6) is 0. The number of anilines is 1. The number of nitrogens with zero attached hydrogens (tertiary/aromatic N) is 2. The van der Waals surface area contributed by atoms with E-state index in [9.17, 15) is 4.79 Å². The average molecular weight is 221 g/mol. The van der Waals surface area contributed by atoms with E-state index in [0.717, 1.165) is 5.56 Å². The molecule has 0 radical (unpaired) electrons. The second-order valence-electron chi connectivity index (χ2n) is 2.71. The van der Waals surface area contributed by atoms with Crippen molar-refractivity contribution in [1.29, 1.82) is 0 Å². The quantitative estimate of drug-likeness (QED) is 0.815. The van der Waals surface area contributed by atoms with Crippen LogP contribution in [0.15, 0.2) is 30.3 Å². The molecule has 1 aromatic carbocycles. The standard InChI is InChI=1S/C9H7N3O2S/c13-9(14)10-8-12-11-7(15-8)6-4-2-1-3-5-6/h1-5H,(H,10,12)(H,13,14). The number of hydrogen-bond acceptors (Lipinski definition) is 4. The van der Waals surface area contributed by atoms with E-state index in [-0.39, 0.29) is 5.13 Å². The second-order valence-corrected chi connectivity index (χ2v) is 3.69. The van der Waals surface area contributed by atoms with Gasteiger partial charge in [0.1, 0.15) is 5.01 Å². The maximum absolute atomic E-state index is 10.3. The fourth-order valence-corrected chi connectivity index (χ4v) is 1.80. The van der Waals surface area contributed by atoms with E-state index in [2.05, 4.69) is 15.5 Å². The monoisotopic (exact) mass is 221 g/mol. The van der Waals surface area contributed by atoms with Crippen LogP contribution in [0.1, 0.15) is 0 Å². The van der Waals surface area contributed by atoms with Crippen molar-refractivity contribution in [3.05, 3.63) is 30.3 Å². The van der Waals surface area contributed by atoms with Crippen molar-refractivity contribution < 1.29 is 9.90 Å². The summed E-state index contributed by atoms with van der Waals surface area (Å²) in [5.41, 5.74) is 0.924. The number of nitrogens with one attached hydrogen (secondary N) is 1. The van der Waals surface area contributed by atoms with Gasteiger partial charge in [-0.1, -0.05) is 41.7 Å². The van der Waals surface area contributed by atoms with E-state index in [0.29, 0.717) is 5.01 Å². The molecule has 6 heteroatoms. The molecule has 0 fully saturated rings. The zero-order chi connectivity index (χ0) is 10.7. The highest BCUT2D eigenvalue weighted by Gasteiger charge is 2.07. The molecule has 76 valence electrons. The molecule has 0 atom stereocenters. The Morgan fingerprint density at radius 3 is 2.67 bits per heavy atom. The van der Waals surface area contributed by atoms with E-state index in [1.165, 1.54) is 11.3 Å². The summed E-state index contributed by atoms with van der Waals surface area (Å²) in [6.07, 6.45) is -1.13. The molecule has 5 nitrogen and oxygen atoms in total. The van der Waals surface area contributed by atoms with E-state index in [1.807, 2.05) is 30.3 Å². The van der Waals surface area contributed by atoms with Crippen LogP contribution in [0.5, 0.6) is 0 Å². The minimum Gasteiger partial charge on any atom is -0.465 e. The molecule has 1 aromatic heterocycles. The van der Waals surface area contributed by atoms with Crippen molar-refractivity contribution in [2.75, 3.05) is 5.32 Å². The summed E-state index contributed by atoms with van der Waals surface area (Å²) in [4.78, 5) is 10.3. The summed E-state index contributed by atoms with van der Waals surface area (Å²) in [6.45, 7) is 0. The summed E-state index contributed by atoms with van der Waals surface area (Å²) >= 11 is 1.20. The van der Waals surface area contributed by atoms with Gasteiger partial charge in [0.2, 0.25) is 5.13 Å². The van der Waals surface area contributed by atoms with Crippen molar-refractivity contribution in [2.45, 2.75) is 0 Å². The molecule has 0 aliphatic heterocycles. The van der Waals surface area contributed by atoms with Gasteiger partial charge in [-0.25, -0.2) is 4.79 Å². The van der Waals surface area contributed by atoms with Gasteiger partial charge in [0, 0.05) is 5.56 Å². The van der Waals surface area contributed by atoms with Crippen LogP contribution in [0.3, 0.4) is 0 Å². The van der Waals surface area contributed by atoms with Gasteiger partial charge in [-0.2, -0.15) is 0 Å². The maximum Gasteiger partial charge on any atom is 0.411 e. The van der Waals surface area contributed by atoms with Gasteiger partial charge in [0.25, 0.3) is 0 Å². The van der Waals surface area contributed by atoms with Crippen LogP contribution in [-0.4, -0.2) is 21.4 Å². The predicted octanol–water partition coefficient (Wildman–Crippen LogP) is 2.29. The van der Waals surface area contributed by atoms with E-state index in [4.69, 9.17) is 5.11 Å². The van der Waals surface area contributed by atoms with Crippen molar-refractivity contribution in [3.63, 3.8) is 0 Å². The molecule has 1 heterocycles. The van der Waals surface area contributed by atoms with Crippen molar-refractivity contribution >= 4 is 22.6 Å². The Morgan fingerprint density at radius 1 is 1.27 bits per heavy atom. The molecule has 0 saturated heterocycles. The molecule has 2 N–H and O–H groups in total. The molecule has 0 unspecified atom stereocenters. The first-order valence-electron chi connectivity index (χ1n) is 4.14. The summed E-state index contributed by atoms with van der Waals surface area (Å²) < 4.78 is 0. The first kappa shape index (κ1) is 9.60. The third-order valence-corrected chi connectivity index (χ3v) is 2.55. The fraction of sp³-hybridized carbons (Fsp3) is 0. The van der Waals surface area contributed by atoms with Crippen molar-refractivity contribution in [2.24, 2.45) is 0 Å². The molecule has 0 aliphatic rings. The molecule has 0 bridgehead atoms. The smallest absolute Gasteiger partial charge is 0.411 e. The average Bonchev–Trinajstić information content (AvgIpc) is 2.67. The van der Waals surface area contributed by atoms with Crippen molar-refractivity contribution in [1.82, 2.24) is 10.2 Å². The largest absolute Gasteiger partial charge is 0.465 e. The third kappa shape index (κ3) is 2.29. The molecule has 0 aliphatic carbocycles. The van der Waals surface area contributed by atoms with Crippen LogP contribution in [0.25, 0.3) is 10.6 Å². The third-order valence-electron chi connectivity index (χ3n) is 1.66. The fourth-order valence-electron chi connectivity index (χ4n) is 1.06. The highest BCUT2D eigenvalue weighted by Crippen LogP contribution is 2.25. The van der Waals surface area contributed by atoms with E-state index >= 15 is 0 Å². The number of carbonyl (C=O) groups is 1. The lowest BCUT2D eigenvalue weighted by Crippen LogP contribution is -2.06. The summed E-state index contributed by atoms with van der Waals surface area (Å²) in [7, 11) is 0. The van der Waals surface area contributed by atoms with Crippen LogP contribution in [-0.2, 0) is 0 Å². The maximum atomic E-state index is 10.3. The van der Waals surface area contributed by atoms with Gasteiger partial charge in [0.15, 0.2) is 0 Å². The minimum absolute atomic E-state index is 0.279. The SMILES string of the molecule is O=C(O)Nc1nnc(-c2ccccc2)s1. The zero-order valence-corrected chi connectivity index (χ0v) is 8.36. The minimum atomic E-state index is -1.13. The van der Waals surface area contributed by atoms with Crippen LogP contribution in [0.4, 0.5) is 9.93 Å². The van der Waals surface area contributed by atoms with Crippen LogP contribution >= 0.6 is 11.3 Å². The highest BCUT2D eigenvalue weighted by molar-refractivity contribution is 7.18. The summed E-state index contributed by atoms with van der Waals surface area (Å²) in [5, 5.41) is 19.2. The Morgan fingerprint density at radius 2 is 2.00 bits per heavy atom. The van der Waals surface area contributed by atoms with Gasteiger partial charge >= 0.3 is 6.09 Å². The van der Waals surface area contributed by atoms with E-state index < -0.39 is 6.09 Å². The lowest BCUT2D eigenvalue weighted by atomic mass is 10.2. The first-order chi connectivity index (χ1) is 7.25. The molecule has 0 spiro atoms. The Kier molecular flexibility index (Phi) is 2.59. The Hall–Kier alpha value is -1.95. The number of aromatic nitrogens is 2. The first-order valence-corrected chi connectivity index (χ1v) is 4.96. The molecule has 15 heavy (non-hydrogen) atoms. The molecular formula is C9H7N3O2S. The van der Waals surface area contributed by atoms with Crippen molar-refractivity contribution in [3.8, 4) is 10.6 Å². The number of amides is 1. The van der Waals surface area contributed by atoms with Gasteiger partial charge in [-0.05, 0) is 0 Å². The number of rotatable bonds is 2. The topological polar surface area (TPSA) is 75.1 Å². The van der Waals surface area contributed by atoms with Crippen LogP contribution < -0.4 is 5.32 Å². The second kappa shape index (κ2) is 4.05. The molecule has 0 saturated carbocycles. The lowest BCUT2D eigenvalue weighted by Gasteiger charge is -1.92. The Labute approximate surface area is 89.4 Å². The van der Waals surface area contributed by atoms with Gasteiger partial charge in [-0.15, -0.1) is 10.2 Å². The van der Waals surface area contributed by atoms with Crippen LogP contribution in [0, 0.1) is 0 Å². The normalized spacial score (nSPS) is 9.87. The van der Waals surface area contributed by atoms with Gasteiger partial charge in [0.05, 0.1) is 0 Å². The number of carboxylic acid groups (broad SMARTS) is 1. The molecule has 1 amide bonds. The molecular weight excluding hydrogens is 214 g/mol. The summed E-state index contributed by atoms with van der Waals surface area (Å²) in [6, 6.07) is 9.47. The zero-order valence-electron chi connectivity index (χ0n) is 7.54. The van der Waals surface area contributed by atoms with Gasteiger partial charge in [-0.3, -0.25) is 5.32 Å². The van der Waals surface area contributed by atoms with E-state index in [1.54, 1.807) is 0 Å². The van der Waals surface area contributed by atoms with Crippen LogP contribution in [0.2, 0.25) is 0 Å². The molecule has 2 rings (SSSR count).